The second kappa shape index (κ2) is 2.33. The maximum Gasteiger partial charge on any atom is 0.0366 e. The van der Waals surface area contributed by atoms with Crippen molar-refractivity contribution in [3.8, 4) is 0 Å². The quantitative estimate of drug-likeness (QED) is 0.698. The Labute approximate surface area is 95.7 Å². The molecule has 1 aromatic carbocycles. The number of hydrogen-bond donors (Lipinski definition) is 1. The number of allylic oxidation sites excluding steroid dienone is 2. The summed E-state index contributed by atoms with van der Waals surface area (Å²) in [6.45, 7) is 2.32. The average Bonchev–Trinajstić information content (AvgIpc) is 2.37. The van der Waals surface area contributed by atoms with Gasteiger partial charge in [-0.3, -0.25) is 0 Å². The Bertz CT molecular complexity index is 567. The van der Waals surface area contributed by atoms with Crippen LogP contribution in [-0.4, -0.2) is 5.54 Å². The van der Waals surface area contributed by atoms with Crippen molar-refractivity contribution in [3.05, 3.63) is 52.6 Å². The van der Waals surface area contributed by atoms with E-state index in [2.05, 4.69) is 43.4 Å². The van der Waals surface area contributed by atoms with Gasteiger partial charge in [-0.15, -0.1) is 0 Å². The van der Waals surface area contributed by atoms with Crippen LogP contribution in [0.4, 0.5) is 0 Å². The summed E-state index contributed by atoms with van der Waals surface area (Å²) < 4.78 is 0. The smallest absolute Gasteiger partial charge is 0.0366 e. The highest BCUT2D eigenvalue weighted by Gasteiger charge is 2.62. The van der Waals surface area contributed by atoms with E-state index in [1.54, 1.807) is 0 Å². The molecule has 0 aliphatic heterocycles. The zero-order valence-corrected chi connectivity index (χ0v) is 9.46. The molecule has 0 heterocycles. The Morgan fingerprint density at radius 1 is 1.25 bits per heavy atom. The molecular weight excluding hydrogens is 194 g/mol. The van der Waals surface area contributed by atoms with Gasteiger partial charge in [0.25, 0.3) is 0 Å². The molecule has 4 rings (SSSR count). The molecule has 2 atom stereocenters. The highest BCUT2D eigenvalue weighted by atomic mass is 14.9. The summed E-state index contributed by atoms with van der Waals surface area (Å²) in [5, 5.41) is 0. The van der Waals surface area contributed by atoms with Gasteiger partial charge in [0.05, 0.1) is 0 Å². The first-order chi connectivity index (χ1) is 7.65. The van der Waals surface area contributed by atoms with Gasteiger partial charge in [0.2, 0.25) is 0 Å². The van der Waals surface area contributed by atoms with E-state index in [0.29, 0.717) is 0 Å². The lowest BCUT2D eigenvalue weighted by molar-refractivity contribution is 0.205. The van der Waals surface area contributed by atoms with Crippen molar-refractivity contribution in [1.82, 2.24) is 0 Å². The molecule has 0 saturated heterocycles. The van der Waals surface area contributed by atoms with Crippen LogP contribution >= 0.6 is 0 Å². The van der Waals surface area contributed by atoms with E-state index in [-0.39, 0.29) is 11.0 Å². The number of hydrogen-bond acceptors (Lipinski definition) is 1. The predicted octanol–water partition coefficient (Wildman–Crippen LogP) is 2.55. The van der Waals surface area contributed by atoms with Crippen LogP contribution in [0.2, 0.25) is 0 Å². The van der Waals surface area contributed by atoms with E-state index in [9.17, 15) is 0 Å². The summed E-state index contributed by atoms with van der Waals surface area (Å²) in [5.41, 5.74) is 12.5. The minimum absolute atomic E-state index is 0.0245. The summed E-state index contributed by atoms with van der Waals surface area (Å²) in [7, 11) is 0. The second-order valence-electron chi connectivity index (χ2n) is 5.57. The lowest BCUT2D eigenvalue weighted by Gasteiger charge is -2.54. The summed E-state index contributed by atoms with van der Waals surface area (Å²) >= 11 is 0. The van der Waals surface area contributed by atoms with Gasteiger partial charge in [-0.05, 0) is 36.5 Å². The summed E-state index contributed by atoms with van der Waals surface area (Å²) in [6, 6.07) is 6.61. The number of nitrogens with two attached hydrogens (primary N) is 1. The molecule has 1 fully saturated rings. The van der Waals surface area contributed by atoms with Crippen molar-refractivity contribution >= 4 is 6.08 Å². The van der Waals surface area contributed by atoms with Crippen LogP contribution in [0.1, 0.15) is 30.0 Å². The van der Waals surface area contributed by atoms with Gasteiger partial charge in [-0.25, -0.2) is 0 Å². The molecule has 3 aliphatic rings. The van der Waals surface area contributed by atoms with Gasteiger partial charge in [-0.2, -0.15) is 0 Å². The molecule has 0 amide bonds. The molecule has 1 heteroatoms. The van der Waals surface area contributed by atoms with Crippen LogP contribution in [0, 0.1) is 0 Å². The predicted molar refractivity (Wildman–Crippen MR) is 66.2 cm³/mol. The number of benzene rings is 1. The fraction of sp³-hybridized carbons (Fsp3) is 0.333. The molecular formula is C15H15N. The maximum atomic E-state index is 6.59. The fourth-order valence-corrected chi connectivity index (χ4v) is 3.90. The molecule has 16 heavy (non-hydrogen) atoms. The monoisotopic (exact) mass is 209 g/mol. The van der Waals surface area contributed by atoms with Gasteiger partial charge >= 0.3 is 0 Å². The molecule has 0 radical (unpaired) electrons. The Morgan fingerprint density at radius 3 is 3.00 bits per heavy atom. The molecule has 0 spiro atoms. The standard InChI is InChI=1S/C15H15N/c1-14-12-7-3-5-10-4-2-6-11(13(10)14)8-15(14,16)9-12/h2-7H,8-9,16H2,1H3. The molecule has 3 aliphatic carbocycles. The molecule has 1 aromatic rings. The molecule has 2 unspecified atom stereocenters. The van der Waals surface area contributed by atoms with Crippen LogP contribution in [0.15, 0.2) is 35.9 Å². The van der Waals surface area contributed by atoms with Gasteiger partial charge in [0.15, 0.2) is 0 Å². The van der Waals surface area contributed by atoms with Gasteiger partial charge < -0.3 is 5.73 Å². The third kappa shape index (κ3) is 0.698. The van der Waals surface area contributed by atoms with Crippen molar-refractivity contribution in [2.24, 2.45) is 5.73 Å². The van der Waals surface area contributed by atoms with Crippen LogP contribution < -0.4 is 5.73 Å². The lowest BCUT2D eigenvalue weighted by Crippen LogP contribution is -2.64. The van der Waals surface area contributed by atoms with Gasteiger partial charge in [0.1, 0.15) is 0 Å². The van der Waals surface area contributed by atoms with E-state index in [4.69, 9.17) is 5.73 Å². The first kappa shape index (κ1) is 8.77. The zero-order chi connectivity index (χ0) is 11.0. The Kier molecular flexibility index (Phi) is 1.28. The second-order valence-corrected chi connectivity index (χ2v) is 5.57. The molecule has 0 bridgehead atoms. The molecule has 1 saturated carbocycles. The Hall–Kier alpha value is -1.34. The van der Waals surface area contributed by atoms with E-state index in [0.717, 1.165) is 12.8 Å². The largest absolute Gasteiger partial charge is 0.324 e. The van der Waals surface area contributed by atoms with Crippen molar-refractivity contribution in [3.63, 3.8) is 0 Å². The number of rotatable bonds is 0. The van der Waals surface area contributed by atoms with Crippen LogP contribution in [0.3, 0.4) is 0 Å². The van der Waals surface area contributed by atoms with Crippen LogP contribution in [0.5, 0.6) is 0 Å². The summed E-state index contributed by atoms with van der Waals surface area (Å²) in [4.78, 5) is 0. The highest BCUT2D eigenvalue weighted by Crippen LogP contribution is 2.62. The van der Waals surface area contributed by atoms with E-state index >= 15 is 0 Å². The van der Waals surface area contributed by atoms with Crippen molar-refractivity contribution in [2.75, 3.05) is 0 Å². The molecule has 0 aromatic heterocycles. The minimum Gasteiger partial charge on any atom is -0.324 e. The topological polar surface area (TPSA) is 26.0 Å². The fourth-order valence-electron chi connectivity index (χ4n) is 3.90. The van der Waals surface area contributed by atoms with Crippen LogP contribution in [0.25, 0.3) is 6.08 Å². The van der Waals surface area contributed by atoms with Gasteiger partial charge in [0, 0.05) is 11.0 Å². The highest BCUT2D eigenvalue weighted by molar-refractivity contribution is 5.71. The van der Waals surface area contributed by atoms with Gasteiger partial charge in [-0.1, -0.05) is 42.0 Å². The minimum atomic E-state index is -0.0245. The van der Waals surface area contributed by atoms with E-state index in [1.165, 1.54) is 22.3 Å². The lowest BCUT2D eigenvalue weighted by atomic mass is 9.52. The van der Waals surface area contributed by atoms with E-state index < -0.39 is 0 Å². The third-order valence-corrected chi connectivity index (χ3v) is 4.91. The maximum absolute atomic E-state index is 6.59. The summed E-state index contributed by atoms with van der Waals surface area (Å²) in [5.74, 6) is 0. The first-order valence-corrected chi connectivity index (χ1v) is 5.94. The molecule has 1 nitrogen and oxygen atoms in total. The molecule has 80 valence electrons. The van der Waals surface area contributed by atoms with Crippen molar-refractivity contribution in [2.45, 2.75) is 30.7 Å². The van der Waals surface area contributed by atoms with Crippen molar-refractivity contribution < 1.29 is 0 Å². The van der Waals surface area contributed by atoms with E-state index in [1.807, 2.05) is 0 Å². The summed E-state index contributed by atoms with van der Waals surface area (Å²) in [6.07, 6.45) is 8.76. The average molecular weight is 209 g/mol. The Morgan fingerprint density at radius 2 is 2.12 bits per heavy atom. The van der Waals surface area contributed by atoms with Crippen molar-refractivity contribution in [1.29, 1.82) is 0 Å². The normalized spacial score (nSPS) is 37.5. The van der Waals surface area contributed by atoms with Crippen LogP contribution in [-0.2, 0) is 11.8 Å². The third-order valence-electron chi connectivity index (χ3n) is 4.91. The Balaban J connectivity index is 2.14. The first-order valence-electron chi connectivity index (χ1n) is 5.94. The SMILES string of the molecule is CC12C3=CC=Cc4cccc(c41)CC2(N)C3. The zero-order valence-electron chi connectivity index (χ0n) is 9.46. The molecule has 2 N–H and O–H groups in total.